The van der Waals surface area contributed by atoms with Gasteiger partial charge in [0.2, 0.25) is 5.78 Å². The van der Waals surface area contributed by atoms with E-state index in [0.29, 0.717) is 13.0 Å². The third-order valence-corrected chi connectivity index (χ3v) is 3.85. The van der Waals surface area contributed by atoms with Crippen LogP contribution in [0.2, 0.25) is 0 Å². The normalized spacial score (nSPS) is 16.8. The Labute approximate surface area is 130 Å². The average Bonchev–Trinajstić information content (AvgIpc) is 2.53. The number of ether oxygens (including phenoxy) is 1. The topological polar surface area (TPSA) is 63.7 Å². The molecule has 1 unspecified atom stereocenters. The van der Waals surface area contributed by atoms with E-state index >= 15 is 0 Å². The zero-order chi connectivity index (χ0) is 16.1. The van der Waals surface area contributed by atoms with Gasteiger partial charge in [-0.2, -0.15) is 0 Å². The van der Waals surface area contributed by atoms with E-state index in [2.05, 4.69) is 0 Å². The van der Waals surface area contributed by atoms with Crippen LogP contribution in [0.4, 0.5) is 5.69 Å². The van der Waals surface area contributed by atoms with Crippen molar-refractivity contribution in [3.8, 4) is 0 Å². The third kappa shape index (κ3) is 3.35. The van der Waals surface area contributed by atoms with Crippen LogP contribution >= 0.6 is 0 Å². The molecule has 1 aromatic rings. The highest BCUT2D eigenvalue weighted by atomic mass is 16.5. The predicted octanol–water partition coefficient (Wildman–Crippen LogP) is 2.27. The number of hydrogen-bond donors (Lipinski definition) is 0. The van der Waals surface area contributed by atoms with Crippen LogP contribution in [0, 0.1) is 0 Å². The summed E-state index contributed by atoms with van der Waals surface area (Å²) >= 11 is 0. The Morgan fingerprint density at radius 1 is 1.23 bits per heavy atom. The number of para-hydroxylation sites is 1. The van der Waals surface area contributed by atoms with Crippen molar-refractivity contribution in [2.45, 2.75) is 45.6 Å². The summed E-state index contributed by atoms with van der Waals surface area (Å²) in [7, 11) is 0. The molecule has 1 aliphatic heterocycles. The van der Waals surface area contributed by atoms with Crippen molar-refractivity contribution in [2.75, 3.05) is 11.5 Å². The monoisotopic (exact) mass is 303 g/mol. The smallest absolute Gasteiger partial charge is 0.307 e. The van der Waals surface area contributed by atoms with E-state index in [9.17, 15) is 14.4 Å². The molecule has 2 rings (SSSR count). The van der Waals surface area contributed by atoms with Crippen molar-refractivity contribution in [2.24, 2.45) is 0 Å². The third-order valence-electron chi connectivity index (χ3n) is 3.85. The van der Waals surface area contributed by atoms with E-state index in [1.807, 2.05) is 24.3 Å². The quantitative estimate of drug-likeness (QED) is 0.618. The number of aryl methyl sites for hydroxylation is 1. The Balaban J connectivity index is 2.31. The Morgan fingerprint density at radius 2 is 1.95 bits per heavy atom. The highest BCUT2D eigenvalue weighted by Crippen LogP contribution is 2.32. The molecule has 0 bridgehead atoms. The molecule has 0 fully saturated rings. The lowest BCUT2D eigenvalue weighted by Gasteiger charge is -2.36. The number of benzene rings is 1. The molecule has 1 heterocycles. The number of hydrogen-bond acceptors (Lipinski definition) is 4. The van der Waals surface area contributed by atoms with Gasteiger partial charge in [-0.1, -0.05) is 25.1 Å². The second-order valence-electron chi connectivity index (χ2n) is 5.28. The first-order valence-electron chi connectivity index (χ1n) is 7.68. The Bertz CT molecular complexity index is 582. The molecule has 0 saturated heterocycles. The lowest BCUT2D eigenvalue weighted by molar-refractivity contribution is -0.144. The van der Waals surface area contributed by atoms with Crippen LogP contribution in [0.5, 0.6) is 0 Å². The van der Waals surface area contributed by atoms with Crippen molar-refractivity contribution in [1.29, 1.82) is 0 Å². The average molecular weight is 303 g/mol. The highest BCUT2D eigenvalue weighted by Gasteiger charge is 2.34. The molecular weight excluding hydrogens is 282 g/mol. The molecule has 0 aliphatic carbocycles. The van der Waals surface area contributed by atoms with Crippen LogP contribution in [-0.2, 0) is 25.5 Å². The van der Waals surface area contributed by atoms with E-state index < -0.39 is 11.7 Å². The van der Waals surface area contributed by atoms with E-state index in [1.54, 1.807) is 13.8 Å². The summed E-state index contributed by atoms with van der Waals surface area (Å²) in [6.07, 6.45) is 1.71. The fourth-order valence-corrected chi connectivity index (χ4v) is 2.77. The second kappa shape index (κ2) is 7.20. The number of fused-ring (bicyclic) bond motifs is 1. The molecule has 1 atom stereocenters. The molecule has 0 aromatic heterocycles. The number of Topliss-reactive ketones (excluding diaryl/α,β-unsaturated/α-hetero) is 1. The molecule has 118 valence electrons. The van der Waals surface area contributed by atoms with Gasteiger partial charge in [-0.05, 0) is 31.4 Å². The first-order chi connectivity index (χ1) is 10.6. The molecule has 0 spiro atoms. The van der Waals surface area contributed by atoms with Crippen LogP contribution in [0.15, 0.2) is 24.3 Å². The maximum absolute atomic E-state index is 12.5. The first kappa shape index (κ1) is 16.2. The fraction of sp³-hybridized carbons (Fsp3) is 0.471. The summed E-state index contributed by atoms with van der Waals surface area (Å²) in [5.74, 6) is -1.32. The molecule has 0 radical (unpaired) electrons. The van der Waals surface area contributed by atoms with Gasteiger partial charge in [0.05, 0.1) is 13.0 Å². The number of amides is 1. The van der Waals surface area contributed by atoms with Crippen LogP contribution in [-0.4, -0.2) is 30.3 Å². The molecule has 0 saturated carbocycles. The van der Waals surface area contributed by atoms with E-state index in [-0.39, 0.29) is 24.9 Å². The maximum atomic E-state index is 12.5. The second-order valence-corrected chi connectivity index (χ2v) is 5.28. The van der Waals surface area contributed by atoms with Crippen LogP contribution in [0.1, 0.15) is 38.7 Å². The molecule has 1 aliphatic rings. The van der Waals surface area contributed by atoms with Gasteiger partial charge in [0, 0.05) is 18.2 Å². The standard InChI is InChI=1S/C17H21NO4/c1-3-15(19)17(21)18-13(11-16(20)22-4-2)10-9-12-7-5-6-8-14(12)18/h5-8,13H,3-4,9-11H2,1-2H3. The minimum Gasteiger partial charge on any atom is -0.466 e. The zero-order valence-electron chi connectivity index (χ0n) is 13.0. The van der Waals surface area contributed by atoms with Gasteiger partial charge in [-0.25, -0.2) is 0 Å². The number of nitrogens with zero attached hydrogens (tertiary/aromatic N) is 1. The van der Waals surface area contributed by atoms with E-state index in [1.165, 1.54) is 4.90 Å². The molecular formula is C17H21NO4. The SMILES string of the molecule is CCOC(=O)CC1CCc2ccccc2N1C(=O)C(=O)CC. The van der Waals surface area contributed by atoms with Gasteiger partial charge in [-0.15, -0.1) is 0 Å². The number of carbonyl (C=O) groups is 3. The van der Waals surface area contributed by atoms with Crippen LogP contribution in [0.3, 0.4) is 0 Å². The predicted molar refractivity (Wildman–Crippen MR) is 82.6 cm³/mol. The van der Waals surface area contributed by atoms with Gasteiger partial charge >= 0.3 is 5.97 Å². The van der Waals surface area contributed by atoms with Crippen molar-refractivity contribution in [3.63, 3.8) is 0 Å². The fourth-order valence-electron chi connectivity index (χ4n) is 2.77. The molecule has 5 heteroatoms. The number of carbonyl (C=O) groups excluding carboxylic acids is 3. The Morgan fingerprint density at radius 3 is 2.64 bits per heavy atom. The number of esters is 1. The molecule has 1 aromatic carbocycles. The summed E-state index contributed by atoms with van der Waals surface area (Å²) in [5.41, 5.74) is 1.76. The lowest BCUT2D eigenvalue weighted by Crippen LogP contribution is -2.47. The number of rotatable bonds is 5. The van der Waals surface area contributed by atoms with Gasteiger partial charge in [0.1, 0.15) is 0 Å². The van der Waals surface area contributed by atoms with Crippen LogP contribution in [0.25, 0.3) is 0 Å². The van der Waals surface area contributed by atoms with Crippen molar-refractivity contribution in [3.05, 3.63) is 29.8 Å². The van der Waals surface area contributed by atoms with Gasteiger partial charge < -0.3 is 9.64 Å². The molecule has 1 amide bonds. The lowest BCUT2D eigenvalue weighted by atomic mass is 9.93. The zero-order valence-corrected chi connectivity index (χ0v) is 13.0. The summed E-state index contributed by atoms with van der Waals surface area (Å²) in [4.78, 5) is 37.6. The number of anilines is 1. The van der Waals surface area contributed by atoms with Crippen LogP contribution < -0.4 is 4.90 Å². The Kier molecular flexibility index (Phi) is 5.31. The summed E-state index contributed by atoms with van der Waals surface area (Å²) in [5, 5.41) is 0. The van der Waals surface area contributed by atoms with Gasteiger partial charge in [0.25, 0.3) is 5.91 Å². The van der Waals surface area contributed by atoms with Crippen molar-refractivity contribution >= 4 is 23.3 Å². The minimum atomic E-state index is -0.538. The maximum Gasteiger partial charge on any atom is 0.307 e. The van der Waals surface area contributed by atoms with E-state index in [4.69, 9.17) is 4.74 Å². The highest BCUT2D eigenvalue weighted by molar-refractivity contribution is 6.41. The Hall–Kier alpha value is -2.17. The minimum absolute atomic E-state index is 0.116. The van der Waals surface area contributed by atoms with Gasteiger partial charge in [0.15, 0.2) is 0 Å². The summed E-state index contributed by atoms with van der Waals surface area (Å²) < 4.78 is 4.99. The summed E-state index contributed by atoms with van der Waals surface area (Å²) in [6, 6.07) is 7.20. The molecule has 5 nitrogen and oxygen atoms in total. The number of ketones is 1. The molecule has 22 heavy (non-hydrogen) atoms. The first-order valence-corrected chi connectivity index (χ1v) is 7.68. The summed E-state index contributed by atoms with van der Waals surface area (Å²) in [6.45, 7) is 3.72. The molecule has 0 N–H and O–H groups in total. The largest absolute Gasteiger partial charge is 0.466 e. The van der Waals surface area contributed by atoms with Gasteiger partial charge in [-0.3, -0.25) is 14.4 Å². The van der Waals surface area contributed by atoms with Crippen molar-refractivity contribution in [1.82, 2.24) is 0 Å². The van der Waals surface area contributed by atoms with Crippen molar-refractivity contribution < 1.29 is 19.1 Å². The van der Waals surface area contributed by atoms with E-state index in [0.717, 1.165) is 17.7 Å².